The summed E-state index contributed by atoms with van der Waals surface area (Å²) in [4.78, 5) is 7.70. The summed E-state index contributed by atoms with van der Waals surface area (Å²) in [6, 6.07) is 6.32. The van der Waals surface area contributed by atoms with Crippen molar-refractivity contribution >= 4 is 16.5 Å². The molecule has 0 amide bonds. The molecule has 2 aromatic rings. The predicted octanol–water partition coefficient (Wildman–Crippen LogP) is 3.56. The number of anilines is 1. The molecule has 1 unspecified atom stereocenters. The largest absolute Gasteiger partial charge is 0.377 e. The van der Waals surface area contributed by atoms with Crippen molar-refractivity contribution in [3.05, 3.63) is 34.5 Å². The van der Waals surface area contributed by atoms with Gasteiger partial charge in [0.15, 0.2) is 10.7 Å². The summed E-state index contributed by atoms with van der Waals surface area (Å²) in [5.41, 5.74) is 0.00684. The number of hydrogen-bond donors (Lipinski definition) is 1. The van der Waals surface area contributed by atoms with Crippen LogP contribution in [0, 0.1) is 34.9 Å². The van der Waals surface area contributed by atoms with Crippen molar-refractivity contribution < 1.29 is 14.2 Å². The van der Waals surface area contributed by atoms with Crippen LogP contribution in [0.2, 0.25) is 0 Å². The third-order valence-electron chi connectivity index (χ3n) is 5.44. The van der Waals surface area contributed by atoms with E-state index in [-0.39, 0.29) is 12.2 Å². The van der Waals surface area contributed by atoms with Crippen LogP contribution in [0.25, 0.3) is 11.3 Å². The average molecular weight is 412 g/mol. The third kappa shape index (κ3) is 4.28. The molecule has 1 N–H and O–H groups in total. The molecular formula is C22H22FN3O2S. The van der Waals surface area contributed by atoms with Gasteiger partial charge < -0.3 is 14.7 Å². The molecular weight excluding hydrogens is 389 g/mol. The van der Waals surface area contributed by atoms with Crippen molar-refractivity contribution in [2.75, 3.05) is 31.2 Å². The molecule has 0 bridgehead atoms. The van der Waals surface area contributed by atoms with Gasteiger partial charge in [-0.1, -0.05) is 36.2 Å². The van der Waals surface area contributed by atoms with Gasteiger partial charge in [0.25, 0.3) is 0 Å². The lowest BCUT2D eigenvalue weighted by Crippen LogP contribution is -2.32. The SMILES string of the molecule is CC1CCN(c2nc(-c3ccc(C#N)c(F)c3)c(C#CC3(O)CCOC3)s2)CC1. The number of halogens is 1. The second kappa shape index (κ2) is 8.12. The molecule has 29 heavy (non-hydrogen) atoms. The standard InChI is InChI=1S/C22H22FN3O2S/c1-15-5-9-26(10-6-15)21-25-20(16-2-3-17(13-24)18(23)12-16)19(29-21)4-7-22(27)8-11-28-14-22/h2-3,12,15,27H,5-6,8-11,14H2,1H3. The van der Waals surface area contributed by atoms with Gasteiger partial charge in [0.05, 0.1) is 24.5 Å². The van der Waals surface area contributed by atoms with Crippen LogP contribution in [0.15, 0.2) is 18.2 Å². The van der Waals surface area contributed by atoms with Crippen LogP contribution < -0.4 is 4.90 Å². The highest BCUT2D eigenvalue weighted by Crippen LogP contribution is 2.35. The number of thiazole rings is 1. The number of rotatable bonds is 2. The Bertz CT molecular complexity index is 1000. The molecule has 3 heterocycles. The Balaban J connectivity index is 1.73. The number of hydrogen-bond acceptors (Lipinski definition) is 6. The fourth-order valence-corrected chi connectivity index (χ4v) is 4.50. The molecule has 7 heteroatoms. The van der Waals surface area contributed by atoms with Gasteiger partial charge in [-0.05, 0) is 30.9 Å². The van der Waals surface area contributed by atoms with Crippen LogP contribution in [-0.2, 0) is 4.74 Å². The van der Waals surface area contributed by atoms with Gasteiger partial charge in [-0.2, -0.15) is 5.26 Å². The van der Waals surface area contributed by atoms with Crippen molar-refractivity contribution in [1.82, 2.24) is 4.98 Å². The number of piperidine rings is 1. The highest BCUT2D eigenvalue weighted by atomic mass is 32.1. The van der Waals surface area contributed by atoms with E-state index in [4.69, 9.17) is 15.0 Å². The zero-order valence-corrected chi connectivity index (χ0v) is 17.1. The molecule has 5 nitrogen and oxygen atoms in total. The fraction of sp³-hybridized carbons (Fsp3) is 0.455. The summed E-state index contributed by atoms with van der Waals surface area (Å²) in [5, 5.41) is 20.3. The van der Waals surface area contributed by atoms with Gasteiger partial charge in [-0.3, -0.25) is 0 Å². The zero-order chi connectivity index (χ0) is 20.4. The minimum atomic E-state index is -1.15. The fourth-order valence-electron chi connectivity index (χ4n) is 3.50. The second-order valence-corrected chi connectivity index (χ2v) is 8.71. The molecule has 2 fully saturated rings. The number of nitriles is 1. The smallest absolute Gasteiger partial charge is 0.187 e. The molecule has 2 saturated heterocycles. The maximum Gasteiger partial charge on any atom is 0.187 e. The highest BCUT2D eigenvalue weighted by molar-refractivity contribution is 7.16. The predicted molar refractivity (Wildman–Crippen MR) is 110 cm³/mol. The maximum atomic E-state index is 14.2. The molecule has 150 valence electrons. The first-order chi connectivity index (χ1) is 14.0. The number of benzene rings is 1. The van der Waals surface area contributed by atoms with Gasteiger partial charge in [0, 0.05) is 25.1 Å². The van der Waals surface area contributed by atoms with E-state index in [0.29, 0.717) is 35.1 Å². The average Bonchev–Trinajstić information content (AvgIpc) is 3.34. The molecule has 1 atom stereocenters. The van der Waals surface area contributed by atoms with Gasteiger partial charge in [0.1, 0.15) is 16.8 Å². The van der Waals surface area contributed by atoms with Crippen molar-refractivity contribution in [3.8, 4) is 29.2 Å². The second-order valence-electron chi connectivity index (χ2n) is 7.73. The summed E-state index contributed by atoms with van der Waals surface area (Å²) in [6.07, 6.45) is 2.69. The lowest BCUT2D eigenvalue weighted by atomic mass is 10.00. The van der Waals surface area contributed by atoms with Crippen LogP contribution >= 0.6 is 11.3 Å². The highest BCUT2D eigenvalue weighted by Gasteiger charge is 2.30. The minimum Gasteiger partial charge on any atom is -0.377 e. The first-order valence-corrected chi connectivity index (χ1v) is 10.6. The summed E-state index contributed by atoms with van der Waals surface area (Å²) in [5.74, 6) is 6.13. The first kappa shape index (κ1) is 19.8. The van der Waals surface area contributed by atoms with E-state index < -0.39 is 11.4 Å². The summed E-state index contributed by atoms with van der Waals surface area (Å²) >= 11 is 1.46. The van der Waals surface area contributed by atoms with Crippen molar-refractivity contribution in [1.29, 1.82) is 5.26 Å². The Morgan fingerprint density at radius 2 is 2.17 bits per heavy atom. The molecule has 0 aliphatic carbocycles. The van der Waals surface area contributed by atoms with Gasteiger partial charge >= 0.3 is 0 Å². The van der Waals surface area contributed by atoms with Crippen molar-refractivity contribution in [2.24, 2.45) is 5.92 Å². The van der Waals surface area contributed by atoms with Gasteiger partial charge in [-0.25, -0.2) is 9.37 Å². The van der Waals surface area contributed by atoms with E-state index in [9.17, 15) is 9.50 Å². The first-order valence-electron chi connectivity index (χ1n) is 9.76. The van der Waals surface area contributed by atoms with Crippen LogP contribution in [0.3, 0.4) is 0 Å². The molecule has 2 aliphatic rings. The Morgan fingerprint density at radius 1 is 1.38 bits per heavy atom. The summed E-state index contributed by atoms with van der Waals surface area (Å²) in [6.45, 7) is 4.79. The van der Waals surface area contributed by atoms with Gasteiger partial charge in [-0.15, -0.1) is 0 Å². The van der Waals surface area contributed by atoms with E-state index in [1.54, 1.807) is 6.07 Å². The Kier molecular flexibility index (Phi) is 5.56. The lowest BCUT2D eigenvalue weighted by molar-refractivity contribution is 0.0765. The van der Waals surface area contributed by atoms with E-state index in [1.807, 2.05) is 6.07 Å². The van der Waals surface area contributed by atoms with Crippen LogP contribution in [-0.4, -0.2) is 42.0 Å². The van der Waals surface area contributed by atoms with E-state index in [1.165, 1.54) is 23.5 Å². The monoisotopic (exact) mass is 411 g/mol. The Labute approximate surface area is 173 Å². The number of aliphatic hydroxyl groups is 1. The van der Waals surface area contributed by atoms with Gasteiger partial charge in [0.2, 0.25) is 0 Å². The van der Waals surface area contributed by atoms with E-state index >= 15 is 0 Å². The van der Waals surface area contributed by atoms with Crippen LogP contribution in [0.4, 0.5) is 9.52 Å². The molecule has 2 aliphatic heterocycles. The van der Waals surface area contributed by atoms with E-state index in [2.05, 4.69) is 23.7 Å². The molecule has 0 saturated carbocycles. The number of aromatic nitrogens is 1. The number of ether oxygens (including phenoxy) is 1. The summed E-state index contributed by atoms with van der Waals surface area (Å²) < 4.78 is 19.5. The summed E-state index contributed by atoms with van der Waals surface area (Å²) in [7, 11) is 0. The molecule has 0 spiro atoms. The quantitative estimate of drug-likeness (QED) is 0.766. The van der Waals surface area contributed by atoms with Crippen LogP contribution in [0.1, 0.15) is 36.6 Å². The zero-order valence-electron chi connectivity index (χ0n) is 16.2. The minimum absolute atomic E-state index is 0.000675. The number of nitrogens with zero attached hydrogens (tertiary/aromatic N) is 3. The molecule has 1 aromatic carbocycles. The van der Waals surface area contributed by atoms with Crippen molar-refractivity contribution in [2.45, 2.75) is 31.8 Å². The Morgan fingerprint density at radius 3 is 2.83 bits per heavy atom. The maximum absolute atomic E-state index is 14.2. The molecule has 4 rings (SSSR count). The Hall–Kier alpha value is -2.45. The van der Waals surface area contributed by atoms with E-state index in [0.717, 1.165) is 31.1 Å². The van der Waals surface area contributed by atoms with Crippen molar-refractivity contribution in [3.63, 3.8) is 0 Å². The molecule has 1 aromatic heterocycles. The molecule has 0 radical (unpaired) electrons. The van der Waals surface area contributed by atoms with Crippen LogP contribution in [0.5, 0.6) is 0 Å². The topological polar surface area (TPSA) is 69.4 Å². The third-order valence-corrected chi connectivity index (χ3v) is 6.47. The lowest BCUT2D eigenvalue weighted by Gasteiger charge is -2.29. The normalized spacial score (nSPS) is 22.2.